The first-order valence-corrected chi connectivity index (χ1v) is 12.6. The molecule has 4 aromatic rings. The van der Waals surface area contributed by atoms with E-state index in [1.807, 2.05) is 49.3 Å². The van der Waals surface area contributed by atoms with Gasteiger partial charge in [-0.3, -0.25) is 10.1 Å². The number of carbonyl (C=O) groups is 2. The number of fused-ring (bicyclic) bond motifs is 1. The van der Waals surface area contributed by atoms with Crippen LogP contribution < -0.4 is 16.0 Å². The number of ether oxygens (including phenoxy) is 1. The van der Waals surface area contributed by atoms with Gasteiger partial charge in [-0.2, -0.15) is 18.3 Å². The van der Waals surface area contributed by atoms with Crippen LogP contribution in [0.3, 0.4) is 0 Å². The fourth-order valence-electron chi connectivity index (χ4n) is 5.09. The van der Waals surface area contributed by atoms with Crippen LogP contribution in [-0.2, 0) is 16.0 Å². The van der Waals surface area contributed by atoms with Crippen molar-refractivity contribution in [2.75, 3.05) is 25.5 Å². The maximum Gasteiger partial charge on any atom is 0.490 e. The summed E-state index contributed by atoms with van der Waals surface area (Å²) in [5, 5.41) is 8.29. The van der Waals surface area contributed by atoms with Crippen molar-refractivity contribution in [1.29, 1.82) is 0 Å². The molecule has 40 heavy (non-hydrogen) atoms. The van der Waals surface area contributed by atoms with Crippen LogP contribution in [0.25, 0.3) is 16.6 Å². The molecule has 2 unspecified atom stereocenters. The van der Waals surface area contributed by atoms with Gasteiger partial charge < -0.3 is 15.4 Å². The highest BCUT2D eigenvalue weighted by atomic mass is 19.4. The smallest absolute Gasteiger partial charge is 0.437 e. The molecule has 0 aliphatic carbocycles. The molecule has 3 aromatic carbocycles. The predicted molar refractivity (Wildman–Crippen MR) is 144 cm³/mol. The molecule has 0 radical (unpaired) electrons. The zero-order valence-corrected chi connectivity index (χ0v) is 21.9. The number of alkyl halides is 3. The van der Waals surface area contributed by atoms with Gasteiger partial charge in [0.15, 0.2) is 5.72 Å². The van der Waals surface area contributed by atoms with Gasteiger partial charge in [0.05, 0.1) is 11.3 Å². The molecule has 1 aliphatic rings. The zero-order valence-electron chi connectivity index (χ0n) is 21.9. The van der Waals surface area contributed by atoms with Crippen LogP contribution in [-0.4, -0.2) is 54.2 Å². The highest BCUT2D eigenvalue weighted by molar-refractivity contribution is 6.04. The third kappa shape index (κ3) is 5.50. The van der Waals surface area contributed by atoms with Crippen LogP contribution in [0.4, 0.5) is 18.9 Å². The molecule has 0 bridgehead atoms. The molecule has 1 aliphatic heterocycles. The van der Waals surface area contributed by atoms with Gasteiger partial charge in [0.25, 0.3) is 5.91 Å². The van der Waals surface area contributed by atoms with Crippen LogP contribution >= 0.6 is 0 Å². The van der Waals surface area contributed by atoms with Crippen molar-refractivity contribution in [1.82, 2.24) is 15.1 Å². The first-order valence-electron chi connectivity index (χ1n) is 12.6. The number of benzene rings is 3. The quantitative estimate of drug-likeness (QED) is 0.332. The highest BCUT2D eigenvalue weighted by Gasteiger charge is 2.49. The molecular weight excluding hydrogens is 523 g/mol. The molecule has 2 heterocycles. The van der Waals surface area contributed by atoms with Crippen LogP contribution in [0.5, 0.6) is 0 Å². The van der Waals surface area contributed by atoms with Crippen molar-refractivity contribution in [2.45, 2.75) is 30.7 Å². The minimum Gasteiger partial charge on any atom is -0.437 e. The molecule has 0 spiro atoms. The van der Waals surface area contributed by atoms with Crippen molar-refractivity contribution < 1.29 is 27.5 Å². The van der Waals surface area contributed by atoms with E-state index >= 15 is 0 Å². The molecule has 0 saturated carbocycles. The van der Waals surface area contributed by atoms with Gasteiger partial charge in [-0.1, -0.05) is 36.4 Å². The number of nitrogens with one attached hydrogen (secondary N) is 1. The summed E-state index contributed by atoms with van der Waals surface area (Å²) in [5.41, 5.74) is 8.00. The second kappa shape index (κ2) is 10.3. The normalized spacial score (nSPS) is 19.1. The van der Waals surface area contributed by atoms with E-state index in [2.05, 4.69) is 10.4 Å². The van der Waals surface area contributed by atoms with Gasteiger partial charge >= 0.3 is 12.1 Å². The third-order valence-corrected chi connectivity index (χ3v) is 7.14. The monoisotopic (exact) mass is 551 g/mol. The summed E-state index contributed by atoms with van der Waals surface area (Å²) in [6.07, 6.45) is -3.14. The molecular formula is C29H28F3N5O3. The Morgan fingerprint density at radius 1 is 1.10 bits per heavy atom. The lowest BCUT2D eigenvalue weighted by atomic mass is 9.91. The maximum absolute atomic E-state index is 13.2. The lowest BCUT2D eigenvalue weighted by Gasteiger charge is -2.30. The van der Waals surface area contributed by atoms with Crippen LogP contribution in [0, 0.1) is 0 Å². The van der Waals surface area contributed by atoms with Crippen LogP contribution in [0.2, 0.25) is 0 Å². The van der Waals surface area contributed by atoms with E-state index in [9.17, 15) is 22.8 Å². The lowest BCUT2D eigenvalue weighted by Crippen LogP contribution is -2.48. The van der Waals surface area contributed by atoms with Crippen molar-refractivity contribution in [3.05, 3.63) is 89.6 Å². The third-order valence-electron chi connectivity index (χ3n) is 7.14. The number of hydrogen-bond acceptors (Lipinski definition) is 6. The molecule has 5 rings (SSSR count). The van der Waals surface area contributed by atoms with E-state index in [1.165, 1.54) is 0 Å². The van der Waals surface area contributed by atoms with Gasteiger partial charge in [0, 0.05) is 56.7 Å². The Bertz CT molecular complexity index is 1550. The van der Waals surface area contributed by atoms with Crippen molar-refractivity contribution in [2.24, 2.45) is 5.73 Å². The number of aromatic nitrogens is 2. The molecule has 3 N–H and O–H groups in total. The predicted octanol–water partition coefficient (Wildman–Crippen LogP) is 4.31. The fraction of sp³-hybridized carbons (Fsp3) is 0.276. The summed E-state index contributed by atoms with van der Waals surface area (Å²) in [6.45, 7) is 0.354. The maximum atomic E-state index is 13.2. The number of rotatable bonds is 7. The number of esters is 1. The Hall–Kier alpha value is -4.38. The summed E-state index contributed by atoms with van der Waals surface area (Å²) in [7, 11) is 3.85. The molecule has 208 valence electrons. The van der Waals surface area contributed by atoms with Crippen molar-refractivity contribution >= 4 is 28.5 Å². The van der Waals surface area contributed by atoms with E-state index in [4.69, 9.17) is 10.5 Å². The van der Waals surface area contributed by atoms with Crippen LogP contribution in [0.1, 0.15) is 33.8 Å². The van der Waals surface area contributed by atoms with E-state index in [0.29, 0.717) is 28.9 Å². The molecule has 1 aromatic heterocycles. The summed E-state index contributed by atoms with van der Waals surface area (Å²) >= 11 is 0. The van der Waals surface area contributed by atoms with Gasteiger partial charge in [-0.15, -0.1) is 0 Å². The standard InChI is InChI=1S/C29H28F3N5O3/c1-36(2)22-12-8-19(9-13-22)21-15-28(34-16-21,40-27(39)29(30,31)32)14-18-6-10-23(11-7-18)37-17-20-4-3-5-24(26(33)38)25(20)35-37/h3-13,17,21,34H,14-16H2,1-2H3,(H2,33,38). The lowest BCUT2D eigenvalue weighted by molar-refractivity contribution is -0.215. The number of halogens is 3. The Balaban J connectivity index is 1.39. The van der Waals surface area contributed by atoms with Crippen molar-refractivity contribution in [3.63, 3.8) is 0 Å². The average Bonchev–Trinajstić information content (AvgIpc) is 3.53. The Morgan fingerprint density at radius 2 is 1.80 bits per heavy atom. The summed E-state index contributed by atoms with van der Waals surface area (Å²) in [6, 6.07) is 19.9. The molecule has 8 nitrogen and oxygen atoms in total. The number of nitrogens with two attached hydrogens (primary N) is 1. The second-order valence-electron chi connectivity index (χ2n) is 10.2. The topological polar surface area (TPSA) is 102 Å². The Labute approximate surface area is 228 Å². The summed E-state index contributed by atoms with van der Waals surface area (Å²) < 4.78 is 46.4. The fourth-order valence-corrected chi connectivity index (χ4v) is 5.09. The number of amides is 1. The van der Waals surface area contributed by atoms with Crippen molar-refractivity contribution in [3.8, 4) is 5.69 Å². The number of nitrogens with zero attached hydrogens (tertiary/aromatic N) is 3. The minimum absolute atomic E-state index is 0.0360. The Kier molecular flexibility index (Phi) is 7.01. The van der Waals surface area contributed by atoms with E-state index in [0.717, 1.165) is 16.6 Å². The molecule has 1 fully saturated rings. The van der Waals surface area contributed by atoms with E-state index in [1.54, 1.807) is 47.3 Å². The van der Waals surface area contributed by atoms with Gasteiger partial charge in [0.1, 0.15) is 5.52 Å². The zero-order chi connectivity index (χ0) is 28.7. The Morgan fingerprint density at radius 3 is 2.42 bits per heavy atom. The van der Waals surface area contributed by atoms with Crippen LogP contribution in [0.15, 0.2) is 72.9 Å². The molecule has 11 heteroatoms. The largest absolute Gasteiger partial charge is 0.490 e. The van der Waals surface area contributed by atoms with Gasteiger partial charge in [0.2, 0.25) is 0 Å². The number of primary amides is 1. The summed E-state index contributed by atoms with van der Waals surface area (Å²) in [4.78, 5) is 25.7. The second-order valence-corrected chi connectivity index (χ2v) is 10.2. The number of hydrogen-bond donors (Lipinski definition) is 2. The molecule has 2 atom stereocenters. The first-order chi connectivity index (χ1) is 18.9. The summed E-state index contributed by atoms with van der Waals surface area (Å²) in [5.74, 6) is -2.96. The van der Waals surface area contributed by atoms with E-state index < -0.39 is 23.8 Å². The molecule has 1 saturated heterocycles. The van der Waals surface area contributed by atoms with Gasteiger partial charge in [-0.25, -0.2) is 9.48 Å². The minimum atomic E-state index is -5.12. The SMILES string of the molecule is CN(C)c1ccc(C2CNC(Cc3ccc(-n4cc5cccc(C(N)=O)c5n4)cc3)(OC(=O)C(F)(F)F)C2)cc1. The number of anilines is 1. The van der Waals surface area contributed by atoms with Gasteiger partial charge in [-0.05, 0) is 41.5 Å². The number of carbonyl (C=O) groups excluding carboxylic acids is 2. The van der Waals surface area contributed by atoms with E-state index in [-0.39, 0.29) is 18.8 Å². The highest BCUT2D eigenvalue weighted by Crippen LogP contribution is 2.37. The molecule has 1 amide bonds. The first kappa shape index (κ1) is 27.2. The average molecular weight is 552 g/mol.